The summed E-state index contributed by atoms with van der Waals surface area (Å²) in [6.45, 7) is 0. The van der Waals surface area contributed by atoms with Gasteiger partial charge >= 0.3 is 0 Å². The molecule has 0 amide bonds. The summed E-state index contributed by atoms with van der Waals surface area (Å²) in [5, 5.41) is 5.47. The number of nitrogens with one attached hydrogen (secondary N) is 2. The van der Waals surface area contributed by atoms with Crippen molar-refractivity contribution in [3.63, 3.8) is 0 Å². The fraction of sp³-hybridized carbons (Fsp3) is 0.0909. The molecule has 1 atom stereocenters. The van der Waals surface area contributed by atoms with Crippen LogP contribution in [0.1, 0.15) is 23.8 Å². The number of rotatable bonds is 3. The van der Waals surface area contributed by atoms with Gasteiger partial charge in [-0.25, -0.2) is 0 Å². The standard InChI is InChI=1S/C22H16BrN3O2/c23-14-8-9-16-15(11-14)20(13-5-2-1-3-6-13)21(22(27)24-16)18-12-17(25-26-18)19-7-4-10-28-19/h1-11,17,25H,12H2,(H,24,27)/t17-/m1/s1. The molecule has 2 aromatic heterocycles. The van der Waals surface area contributed by atoms with E-state index in [0.29, 0.717) is 12.0 Å². The number of benzene rings is 2. The van der Waals surface area contributed by atoms with E-state index in [9.17, 15) is 4.79 Å². The minimum absolute atomic E-state index is 0.0776. The number of aromatic amines is 1. The molecule has 2 N–H and O–H groups in total. The third kappa shape index (κ3) is 2.86. The molecule has 0 unspecified atom stereocenters. The number of H-pyrrole nitrogens is 1. The van der Waals surface area contributed by atoms with Crippen LogP contribution in [-0.2, 0) is 0 Å². The van der Waals surface area contributed by atoms with Gasteiger partial charge in [-0.15, -0.1) is 0 Å². The topological polar surface area (TPSA) is 70.4 Å². The van der Waals surface area contributed by atoms with E-state index in [4.69, 9.17) is 4.42 Å². The Labute approximate surface area is 169 Å². The highest BCUT2D eigenvalue weighted by Crippen LogP contribution is 2.34. The van der Waals surface area contributed by atoms with Gasteiger partial charge in [-0.05, 0) is 35.9 Å². The van der Waals surface area contributed by atoms with Crippen LogP contribution in [0.4, 0.5) is 0 Å². The highest BCUT2D eigenvalue weighted by Gasteiger charge is 2.28. The lowest BCUT2D eigenvalue weighted by atomic mass is 9.92. The molecule has 5 rings (SSSR count). The first-order chi connectivity index (χ1) is 13.7. The zero-order valence-electron chi connectivity index (χ0n) is 14.8. The van der Waals surface area contributed by atoms with E-state index >= 15 is 0 Å². The van der Waals surface area contributed by atoms with Crippen molar-refractivity contribution in [3.05, 3.63) is 93.1 Å². The zero-order valence-corrected chi connectivity index (χ0v) is 16.4. The Hall–Kier alpha value is -3.12. The van der Waals surface area contributed by atoms with Crippen LogP contribution in [0.2, 0.25) is 0 Å². The summed E-state index contributed by atoms with van der Waals surface area (Å²) in [7, 11) is 0. The van der Waals surface area contributed by atoms with Gasteiger partial charge in [0.2, 0.25) is 0 Å². The molecule has 5 nitrogen and oxygen atoms in total. The van der Waals surface area contributed by atoms with Crippen molar-refractivity contribution in [2.24, 2.45) is 5.10 Å². The Morgan fingerprint density at radius 1 is 1.04 bits per heavy atom. The van der Waals surface area contributed by atoms with Gasteiger partial charge in [0.15, 0.2) is 0 Å². The maximum Gasteiger partial charge on any atom is 0.258 e. The number of furan rings is 1. The number of halogens is 1. The predicted octanol–water partition coefficient (Wildman–Crippen LogP) is 4.99. The molecule has 3 heterocycles. The van der Waals surface area contributed by atoms with Crippen molar-refractivity contribution in [2.45, 2.75) is 12.5 Å². The summed E-state index contributed by atoms with van der Waals surface area (Å²) in [5.41, 5.74) is 6.95. The van der Waals surface area contributed by atoms with Crippen molar-refractivity contribution in [2.75, 3.05) is 0 Å². The van der Waals surface area contributed by atoms with Crippen LogP contribution in [0.3, 0.4) is 0 Å². The van der Waals surface area contributed by atoms with Gasteiger partial charge < -0.3 is 9.40 Å². The Kier molecular flexibility index (Phi) is 4.13. The first-order valence-corrected chi connectivity index (χ1v) is 9.77. The number of fused-ring (bicyclic) bond motifs is 1. The lowest BCUT2D eigenvalue weighted by Gasteiger charge is -2.13. The molecule has 4 aromatic rings. The van der Waals surface area contributed by atoms with Crippen LogP contribution in [-0.4, -0.2) is 10.7 Å². The summed E-state index contributed by atoms with van der Waals surface area (Å²) >= 11 is 3.55. The maximum absolute atomic E-state index is 13.1. The molecule has 0 radical (unpaired) electrons. The largest absolute Gasteiger partial charge is 0.467 e. The van der Waals surface area contributed by atoms with E-state index in [1.165, 1.54) is 0 Å². The minimum Gasteiger partial charge on any atom is -0.467 e. The molecule has 0 fully saturated rings. The fourth-order valence-corrected chi connectivity index (χ4v) is 4.06. The van der Waals surface area contributed by atoms with Gasteiger partial charge in [0.1, 0.15) is 11.8 Å². The van der Waals surface area contributed by atoms with Gasteiger partial charge in [-0.3, -0.25) is 10.2 Å². The smallest absolute Gasteiger partial charge is 0.258 e. The molecule has 1 aliphatic rings. The van der Waals surface area contributed by atoms with Crippen LogP contribution < -0.4 is 11.0 Å². The predicted molar refractivity (Wildman–Crippen MR) is 113 cm³/mol. The summed E-state index contributed by atoms with van der Waals surface area (Å²) in [5.74, 6) is 0.806. The molecule has 0 spiro atoms. The molecular weight excluding hydrogens is 418 g/mol. The number of hydrogen-bond donors (Lipinski definition) is 2. The van der Waals surface area contributed by atoms with E-state index in [1.807, 2.05) is 60.7 Å². The molecule has 0 saturated carbocycles. The first kappa shape index (κ1) is 17.0. The van der Waals surface area contributed by atoms with Gasteiger partial charge in [-0.2, -0.15) is 5.10 Å². The highest BCUT2D eigenvalue weighted by molar-refractivity contribution is 9.10. The Bertz CT molecular complexity index is 1240. The molecule has 0 aliphatic carbocycles. The second-order valence-corrected chi connectivity index (χ2v) is 7.64. The van der Waals surface area contributed by atoms with E-state index in [0.717, 1.165) is 38.0 Å². The molecular formula is C22H16BrN3O2. The van der Waals surface area contributed by atoms with E-state index < -0.39 is 0 Å². The number of hydrogen-bond acceptors (Lipinski definition) is 4. The molecule has 0 saturated heterocycles. The Morgan fingerprint density at radius 2 is 1.89 bits per heavy atom. The molecule has 138 valence electrons. The number of hydrazone groups is 1. The first-order valence-electron chi connectivity index (χ1n) is 8.97. The van der Waals surface area contributed by atoms with Crippen LogP contribution in [0, 0.1) is 0 Å². The van der Waals surface area contributed by atoms with Crippen LogP contribution >= 0.6 is 15.9 Å². The molecule has 6 heteroatoms. The second kappa shape index (κ2) is 6.80. The summed E-state index contributed by atoms with van der Waals surface area (Å²) < 4.78 is 6.46. The molecule has 28 heavy (non-hydrogen) atoms. The monoisotopic (exact) mass is 433 g/mol. The van der Waals surface area contributed by atoms with Crippen molar-refractivity contribution in [1.29, 1.82) is 0 Å². The molecule has 0 bridgehead atoms. The third-order valence-corrected chi connectivity index (χ3v) is 5.46. The number of aromatic nitrogens is 1. The maximum atomic E-state index is 13.1. The van der Waals surface area contributed by atoms with Crippen LogP contribution in [0.5, 0.6) is 0 Å². The average Bonchev–Trinajstić information content (AvgIpc) is 3.40. The van der Waals surface area contributed by atoms with Crippen molar-refractivity contribution in [3.8, 4) is 11.1 Å². The van der Waals surface area contributed by atoms with Gasteiger partial charge in [0.05, 0.1) is 17.5 Å². The highest BCUT2D eigenvalue weighted by atomic mass is 79.9. The average molecular weight is 434 g/mol. The van der Waals surface area contributed by atoms with Gasteiger partial charge in [0.25, 0.3) is 5.56 Å². The fourth-order valence-electron chi connectivity index (χ4n) is 3.70. The summed E-state index contributed by atoms with van der Waals surface area (Å²) in [4.78, 5) is 16.1. The SMILES string of the molecule is O=c1[nH]c2ccc(Br)cc2c(-c2ccccc2)c1C1=NN[C@@H](c2ccco2)C1. The normalized spacial score (nSPS) is 16.2. The third-order valence-electron chi connectivity index (χ3n) is 4.97. The number of pyridine rings is 1. The second-order valence-electron chi connectivity index (χ2n) is 6.72. The lowest BCUT2D eigenvalue weighted by molar-refractivity contribution is 0.440. The van der Waals surface area contributed by atoms with E-state index in [1.54, 1.807) is 6.26 Å². The Morgan fingerprint density at radius 3 is 2.68 bits per heavy atom. The molecule has 1 aliphatic heterocycles. The van der Waals surface area contributed by atoms with Gasteiger partial charge in [-0.1, -0.05) is 46.3 Å². The summed E-state index contributed by atoms with van der Waals surface area (Å²) in [6.07, 6.45) is 2.22. The zero-order chi connectivity index (χ0) is 19.1. The van der Waals surface area contributed by atoms with Crippen molar-refractivity contribution >= 4 is 32.5 Å². The minimum atomic E-state index is -0.144. The summed E-state index contributed by atoms with van der Waals surface area (Å²) in [6, 6.07) is 19.5. The van der Waals surface area contributed by atoms with Crippen molar-refractivity contribution < 1.29 is 4.42 Å². The van der Waals surface area contributed by atoms with Crippen molar-refractivity contribution in [1.82, 2.24) is 10.4 Å². The lowest BCUT2D eigenvalue weighted by Crippen LogP contribution is -2.20. The molecule has 2 aromatic carbocycles. The van der Waals surface area contributed by atoms with E-state index in [-0.39, 0.29) is 11.6 Å². The number of nitrogens with zero attached hydrogens (tertiary/aromatic N) is 1. The quantitative estimate of drug-likeness (QED) is 0.478. The van der Waals surface area contributed by atoms with Crippen LogP contribution in [0.25, 0.3) is 22.0 Å². The van der Waals surface area contributed by atoms with Gasteiger partial charge in [0, 0.05) is 27.4 Å². The van der Waals surface area contributed by atoms with E-state index in [2.05, 4.69) is 31.4 Å². The van der Waals surface area contributed by atoms with Crippen LogP contribution in [0.15, 0.2) is 85.7 Å². The Balaban J connectivity index is 1.73.